The molecule has 0 aliphatic heterocycles. The molecule has 1 aliphatic rings. The molecule has 0 radical (unpaired) electrons. The minimum absolute atomic E-state index is 0.0644. The summed E-state index contributed by atoms with van der Waals surface area (Å²) < 4.78 is 55.1. The van der Waals surface area contributed by atoms with E-state index in [-0.39, 0.29) is 29.2 Å². The van der Waals surface area contributed by atoms with Gasteiger partial charge in [0.1, 0.15) is 16.4 Å². The fourth-order valence-electron chi connectivity index (χ4n) is 4.46. The van der Waals surface area contributed by atoms with Gasteiger partial charge in [-0.15, -0.1) is 11.3 Å². The van der Waals surface area contributed by atoms with Gasteiger partial charge in [-0.3, -0.25) is 0 Å². The molecule has 1 aromatic heterocycles. The Labute approximate surface area is 190 Å². The maximum absolute atomic E-state index is 14.9. The molecule has 3 nitrogen and oxygen atoms in total. The maximum Gasteiger partial charge on any atom is 0.188 e. The predicted octanol–water partition coefficient (Wildman–Crippen LogP) is 6.49. The van der Waals surface area contributed by atoms with Gasteiger partial charge in [0.25, 0.3) is 0 Å². The van der Waals surface area contributed by atoms with Crippen LogP contribution < -0.4 is 0 Å². The summed E-state index contributed by atoms with van der Waals surface area (Å²) in [4.78, 5) is 4.57. The molecule has 0 saturated heterocycles. The third kappa shape index (κ3) is 4.28. The summed E-state index contributed by atoms with van der Waals surface area (Å²) in [6.45, 7) is 1.94. The van der Waals surface area contributed by atoms with Crippen molar-refractivity contribution in [3.8, 4) is 0 Å². The number of aromatic nitrogens is 1. The zero-order valence-electron chi connectivity index (χ0n) is 16.9. The van der Waals surface area contributed by atoms with Crippen LogP contribution in [-0.4, -0.2) is 13.4 Å². The number of thiazole rings is 1. The SMILES string of the molecule is Cc1csc(C[C@H]2CC[C@@](c3cc(F)ccc3F)(S(=O)(=O)c3ccc(Cl)cc3)CC2)n1. The average Bonchev–Trinajstić information content (AvgIpc) is 3.15. The van der Waals surface area contributed by atoms with E-state index in [1.54, 1.807) is 11.3 Å². The summed E-state index contributed by atoms with van der Waals surface area (Å²) in [6, 6.07) is 8.92. The van der Waals surface area contributed by atoms with Crippen LogP contribution in [0.1, 0.15) is 41.9 Å². The van der Waals surface area contributed by atoms with Crippen LogP contribution in [0.2, 0.25) is 5.02 Å². The number of rotatable bonds is 5. The van der Waals surface area contributed by atoms with Gasteiger partial charge in [0.2, 0.25) is 0 Å². The van der Waals surface area contributed by atoms with Crippen LogP contribution in [0.3, 0.4) is 0 Å². The maximum atomic E-state index is 14.9. The van der Waals surface area contributed by atoms with Crippen LogP contribution in [0.4, 0.5) is 8.78 Å². The van der Waals surface area contributed by atoms with E-state index in [1.807, 2.05) is 12.3 Å². The molecule has 1 saturated carbocycles. The predicted molar refractivity (Wildman–Crippen MR) is 119 cm³/mol. The van der Waals surface area contributed by atoms with Gasteiger partial charge in [-0.05, 0) is 81.0 Å². The van der Waals surface area contributed by atoms with Crippen molar-refractivity contribution in [2.45, 2.75) is 48.7 Å². The second-order valence-electron chi connectivity index (χ2n) is 8.11. The highest BCUT2D eigenvalue weighted by molar-refractivity contribution is 7.92. The second-order valence-corrected chi connectivity index (χ2v) is 11.7. The van der Waals surface area contributed by atoms with E-state index in [2.05, 4.69) is 4.98 Å². The van der Waals surface area contributed by atoms with Crippen molar-refractivity contribution in [1.82, 2.24) is 4.98 Å². The summed E-state index contributed by atoms with van der Waals surface area (Å²) in [5.74, 6) is -1.11. The van der Waals surface area contributed by atoms with Gasteiger partial charge < -0.3 is 0 Å². The molecule has 1 aliphatic carbocycles. The monoisotopic (exact) mass is 481 g/mol. The lowest BCUT2D eigenvalue weighted by atomic mass is 9.76. The van der Waals surface area contributed by atoms with E-state index in [1.165, 1.54) is 24.3 Å². The molecule has 0 amide bonds. The van der Waals surface area contributed by atoms with Crippen LogP contribution in [0.25, 0.3) is 0 Å². The van der Waals surface area contributed by atoms with Gasteiger partial charge in [0.05, 0.1) is 9.90 Å². The molecule has 0 atom stereocenters. The molecule has 31 heavy (non-hydrogen) atoms. The molecule has 4 rings (SSSR count). The van der Waals surface area contributed by atoms with Crippen molar-refractivity contribution < 1.29 is 17.2 Å². The zero-order chi connectivity index (χ0) is 22.2. The van der Waals surface area contributed by atoms with Gasteiger partial charge in [-0.1, -0.05) is 11.6 Å². The molecular formula is C23H22ClF2NO2S2. The topological polar surface area (TPSA) is 47.0 Å². The van der Waals surface area contributed by atoms with Crippen molar-refractivity contribution in [3.05, 3.63) is 80.8 Å². The average molecular weight is 482 g/mol. The van der Waals surface area contributed by atoms with E-state index in [0.717, 1.165) is 35.3 Å². The lowest BCUT2D eigenvalue weighted by Gasteiger charge is -2.40. The third-order valence-corrected chi connectivity index (χ3v) is 9.89. The molecule has 0 unspecified atom stereocenters. The minimum atomic E-state index is -4.00. The van der Waals surface area contributed by atoms with E-state index >= 15 is 0 Å². The highest BCUT2D eigenvalue weighted by atomic mass is 35.5. The number of benzene rings is 2. The summed E-state index contributed by atoms with van der Waals surface area (Å²) in [6.07, 6.45) is 2.37. The van der Waals surface area contributed by atoms with Crippen molar-refractivity contribution in [1.29, 1.82) is 0 Å². The summed E-state index contributed by atoms with van der Waals surface area (Å²) in [5, 5.41) is 3.43. The molecule has 0 spiro atoms. The van der Waals surface area contributed by atoms with Gasteiger partial charge in [0, 0.05) is 28.1 Å². The first-order valence-electron chi connectivity index (χ1n) is 10.1. The lowest BCUT2D eigenvalue weighted by Crippen LogP contribution is -2.41. The Hall–Kier alpha value is -1.83. The van der Waals surface area contributed by atoms with Crippen LogP contribution in [0.5, 0.6) is 0 Å². The molecule has 2 aromatic carbocycles. The van der Waals surface area contributed by atoms with Crippen molar-refractivity contribution in [2.75, 3.05) is 0 Å². The first kappa shape index (κ1) is 22.4. The quantitative estimate of drug-likeness (QED) is 0.418. The smallest absolute Gasteiger partial charge is 0.188 e. The molecular weight excluding hydrogens is 460 g/mol. The van der Waals surface area contributed by atoms with Crippen molar-refractivity contribution >= 4 is 32.8 Å². The highest BCUT2D eigenvalue weighted by Gasteiger charge is 2.50. The largest absolute Gasteiger partial charge is 0.247 e. The van der Waals surface area contributed by atoms with E-state index < -0.39 is 26.2 Å². The van der Waals surface area contributed by atoms with Crippen LogP contribution in [0.15, 0.2) is 52.7 Å². The van der Waals surface area contributed by atoms with Crippen LogP contribution in [0, 0.1) is 24.5 Å². The van der Waals surface area contributed by atoms with Crippen LogP contribution >= 0.6 is 22.9 Å². The van der Waals surface area contributed by atoms with Crippen molar-refractivity contribution in [2.24, 2.45) is 5.92 Å². The third-order valence-electron chi connectivity index (χ3n) is 6.10. The Morgan fingerprint density at radius 2 is 1.81 bits per heavy atom. The normalized spacial score (nSPS) is 21.9. The number of nitrogens with zero attached hydrogens (tertiary/aromatic N) is 1. The Morgan fingerprint density at radius 3 is 2.42 bits per heavy atom. The summed E-state index contributed by atoms with van der Waals surface area (Å²) in [5.41, 5.74) is 0.878. The fourth-order valence-corrected chi connectivity index (χ4v) is 7.64. The zero-order valence-corrected chi connectivity index (χ0v) is 19.3. The first-order valence-corrected chi connectivity index (χ1v) is 12.8. The lowest BCUT2D eigenvalue weighted by molar-refractivity contribution is 0.285. The van der Waals surface area contributed by atoms with E-state index in [0.29, 0.717) is 17.9 Å². The van der Waals surface area contributed by atoms with Gasteiger partial charge in [0.15, 0.2) is 9.84 Å². The Morgan fingerprint density at radius 1 is 1.13 bits per heavy atom. The minimum Gasteiger partial charge on any atom is -0.247 e. The number of halogens is 3. The second kappa shape index (κ2) is 8.60. The van der Waals surface area contributed by atoms with E-state index in [4.69, 9.17) is 11.6 Å². The Bertz CT molecular complexity index is 1180. The number of sulfone groups is 1. The standard InChI is InChI=1S/C23H22ClF2NO2S2/c1-15-14-30-22(27-15)12-16-8-10-23(11-9-16,20-13-18(25)4-7-21(20)26)31(28,29)19-5-2-17(24)3-6-19/h2-7,13-14,16H,8-12H2,1H3/t16-,23+. The fraction of sp³-hybridized carbons (Fsp3) is 0.348. The molecule has 1 fully saturated rings. The first-order chi connectivity index (χ1) is 14.7. The molecule has 3 aromatic rings. The van der Waals surface area contributed by atoms with Gasteiger partial charge in [-0.25, -0.2) is 22.2 Å². The molecule has 8 heteroatoms. The Kier molecular flexibility index (Phi) is 6.21. The van der Waals surface area contributed by atoms with E-state index in [9.17, 15) is 17.2 Å². The molecule has 164 valence electrons. The van der Waals surface area contributed by atoms with Gasteiger partial charge in [-0.2, -0.15) is 0 Å². The summed E-state index contributed by atoms with van der Waals surface area (Å²) in [7, 11) is -4.00. The van der Waals surface area contributed by atoms with Gasteiger partial charge >= 0.3 is 0 Å². The van der Waals surface area contributed by atoms with Crippen LogP contribution in [-0.2, 0) is 21.0 Å². The number of hydrogen-bond acceptors (Lipinski definition) is 4. The number of hydrogen-bond donors (Lipinski definition) is 0. The Balaban J connectivity index is 1.73. The highest BCUT2D eigenvalue weighted by Crippen LogP contribution is 2.49. The molecule has 1 heterocycles. The number of aryl methyl sites for hydroxylation is 1. The summed E-state index contributed by atoms with van der Waals surface area (Å²) >= 11 is 7.53. The molecule has 0 bridgehead atoms. The molecule has 0 N–H and O–H groups in total. The van der Waals surface area contributed by atoms with Crippen molar-refractivity contribution in [3.63, 3.8) is 0 Å².